The number of hydrogen-bond acceptors (Lipinski definition) is 3. The SMILES string of the molecule is Cc1n[nH]c(C)c1NC(=O)N[C@@H](C)C(=O)O. The van der Waals surface area contributed by atoms with Crippen LogP contribution in [0.3, 0.4) is 0 Å². The second kappa shape index (κ2) is 4.65. The summed E-state index contributed by atoms with van der Waals surface area (Å²) in [6.07, 6.45) is 0. The number of amides is 2. The van der Waals surface area contributed by atoms with E-state index < -0.39 is 18.0 Å². The van der Waals surface area contributed by atoms with Gasteiger partial charge in [-0.15, -0.1) is 0 Å². The lowest BCUT2D eigenvalue weighted by molar-refractivity contribution is -0.138. The Morgan fingerprint density at radius 2 is 2.06 bits per heavy atom. The molecule has 1 aromatic heterocycles. The Hall–Kier alpha value is -2.05. The van der Waals surface area contributed by atoms with E-state index >= 15 is 0 Å². The van der Waals surface area contributed by atoms with Gasteiger partial charge in [0.1, 0.15) is 6.04 Å². The molecule has 7 heteroatoms. The van der Waals surface area contributed by atoms with Crippen molar-refractivity contribution in [3.63, 3.8) is 0 Å². The summed E-state index contributed by atoms with van der Waals surface area (Å²) in [4.78, 5) is 21.9. The van der Waals surface area contributed by atoms with E-state index in [4.69, 9.17) is 5.11 Å². The Bertz CT molecular complexity index is 393. The molecular formula is C9H14N4O3. The van der Waals surface area contributed by atoms with Gasteiger partial charge in [0.05, 0.1) is 17.1 Å². The monoisotopic (exact) mass is 226 g/mol. The molecular weight excluding hydrogens is 212 g/mol. The third-order valence-corrected chi connectivity index (χ3v) is 2.08. The van der Waals surface area contributed by atoms with E-state index in [1.807, 2.05) is 0 Å². The Kier molecular flexibility index (Phi) is 3.49. The number of aromatic nitrogens is 2. The molecule has 16 heavy (non-hydrogen) atoms. The van der Waals surface area contributed by atoms with Crippen molar-refractivity contribution in [3.8, 4) is 0 Å². The summed E-state index contributed by atoms with van der Waals surface area (Å²) in [5.74, 6) is -1.09. The second-order valence-electron chi connectivity index (χ2n) is 3.47. The van der Waals surface area contributed by atoms with Gasteiger partial charge in [0.15, 0.2) is 0 Å². The van der Waals surface area contributed by atoms with Crippen LogP contribution in [0.5, 0.6) is 0 Å². The first-order chi connectivity index (χ1) is 7.41. The highest BCUT2D eigenvalue weighted by Crippen LogP contribution is 2.15. The maximum atomic E-state index is 11.4. The summed E-state index contributed by atoms with van der Waals surface area (Å²) >= 11 is 0. The number of carbonyl (C=O) groups is 2. The lowest BCUT2D eigenvalue weighted by Crippen LogP contribution is -2.41. The molecule has 0 aromatic carbocycles. The number of aryl methyl sites for hydroxylation is 2. The van der Waals surface area contributed by atoms with Crippen LogP contribution in [0.15, 0.2) is 0 Å². The molecule has 0 fully saturated rings. The molecule has 0 unspecified atom stereocenters. The maximum Gasteiger partial charge on any atom is 0.325 e. The third-order valence-electron chi connectivity index (χ3n) is 2.08. The highest BCUT2D eigenvalue weighted by atomic mass is 16.4. The van der Waals surface area contributed by atoms with Gasteiger partial charge in [-0.1, -0.05) is 0 Å². The van der Waals surface area contributed by atoms with Gasteiger partial charge in [-0.25, -0.2) is 4.79 Å². The Labute approximate surface area is 92.2 Å². The molecule has 4 N–H and O–H groups in total. The van der Waals surface area contributed by atoms with Gasteiger partial charge in [0, 0.05) is 0 Å². The average molecular weight is 226 g/mol. The summed E-state index contributed by atoms with van der Waals surface area (Å²) in [5, 5.41) is 20.0. The fourth-order valence-electron chi connectivity index (χ4n) is 1.14. The minimum atomic E-state index is -1.09. The van der Waals surface area contributed by atoms with Gasteiger partial charge in [-0.2, -0.15) is 5.10 Å². The van der Waals surface area contributed by atoms with Gasteiger partial charge in [0.2, 0.25) is 0 Å². The predicted molar refractivity (Wildman–Crippen MR) is 57.3 cm³/mol. The number of aromatic amines is 1. The zero-order valence-corrected chi connectivity index (χ0v) is 9.29. The normalized spacial score (nSPS) is 11.9. The zero-order chi connectivity index (χ0) is 12.3. The first-order valence-electron chi connectivity index (χ1n) is 4.73. The average Bonchev–Trinajstić information content (AvgIpc) is 2.49. The molecule has 0 aliphatic heterocycles. The summed E-state index contributed by atoms with van der Waals surface area (Å²) in [5.41, 5.74) is 1.93. The molecule has 7 nitrogen and oxygen atoms in total. The first-order valence-corrected chi connectivity index (χ1v) is 4.73. The number of carboxylic acids is 1. The number of H-pyrrole nitrogens is 1. The topological polar surface area (TPSA) is 107 Å². The molecule has 0 saturated carbocycles. The number of aliphatic carboxylic acids is 1. The van der Waals surface area contributed by atoms with Gasteiger partial charge in [-0.05, 0) is 20.8 Å². The molecule has 2 amide bonds. The van der Waals surface area contributed by atoms with E-state index in [2.05, 4.69) is 20.8 Å². The van der Waals surface area contributed by atoms with Crippen molar-refractivity contribution in [2.24, 2.45) is 0 Å². The fourth-order valence-corrected chi connectivity index (χ4v) is 1.14. The third kappa shape index (κ3) is 2.72. The van der Waals surface area contributed by atoms with Crippen LogP contribution in [0, 0.1) is 13.8 Å². The quantitative estimate of drug-likeness (QED) is 0.606. The summed E-state index contributed by atoms with van der Waals surface area (Å²) in [6.45, 7) is 4.88. The first kappa shape index (κ1) is 12.0. The van der Waals surface area contributed by atoms with Crippen LogP contribution in [0.4, 0.5) is 10.5 Å². The maximum absolute atomic E-state index is 11.4. The van der Waals surface area contributed by atoms with Crippen molar-refractivity contribution in [2.45, 2.75) is 26.8 Å². The lowest BCUT2D eigenvalue weighted by atomic mass is 10.3. The number of anilines is 1. The van der Waals surface area contributed by atoms with Crippen molar-refractivity contribution in [3.05, 3.63) is 11.4 Å². The zero-order valence-electron chi connectivity index (χ0n) is 9.29. The van der Waals surface area contributed by atoms with E-state index in [1.54, 1.807) is 13.8 Å². The Morgan fingerprint density at radius 3 is 2.50 bits per heavy atom. The van der Waals surface area contributed by atoms with Crippen molar-refractivity contribution < 1.29 is 14.7 Å². The molecule has 0 spiro atoms. The number of nitrogens with one attached hydrogen (secondary N) is 3. The molecule has 1 atom stereocenters. The van der Waals surface area contributed by atoms with E-state index in [9.17, 15) is 9.59 Å². The molecule has 1 aromatic rings. The second-order valence-corrected chi connectivity index (χ2v) is 3.47. The van der Waals surface area contributed by atoms with Crippen LogP contribution < -0.4 is 10.6 Å². The number of hydrogen-bond donors (Lipinski definition) is 4. The summed E-state index contributed by atoms with van der Waals surface area (Å²) in [7, 11) is 0. The molecule has 1 rings (SSSR count). The minimum absolute atomic E-state index is 0.565. The molecule has 0 aliphatic carbocycles. The van der Waals surface area contributed by atoms with Gasteiger partial charge >= 0.3 is 12.0 Å². The molecule has 0 aliphatic rings. The standard InChI is InChI=1S/C9H14N4O3/c1-4-7(5(2)13-12-4)11-9(16)10-6(3)8(14)15/h6H,1-3H3,(H,12,13)(H,14,15)(H2,10,11,16)/t6-/m0/s1. The van der Waals surface area contributed by atoms with Crippen LogP contribution in [0.2, 0.25) is 0 Å². The fraction of sp³-hybridized carbons (Fsp3) is 0.444. The van der Waals surface area contributed by atoms with Crippen LogP contribution in [-0.2, 0) is 4.79 Å². The van der Waals surface area contributed by atoms with E-state index in [1.165, 1.54) is 6.92 Å². The van der Waals surface area contributed by atoms with Gasteiger partial charge in [0.25, 0.3) is 0 Å². The van der Waals surface area contributed by atoms with Crippen molar-refractivity contribution in [2.75, 3.05) is 5.32 Å². The molecule has 0 radical (unpaired) electrons. The highest BCUT2D eigenvalue weighted by Gasteiger charge is 2.15. The van der Waals surface area contributed by atoms with Crippen LogP contribution >= 0.6 is 0 Å². The highest BCUT2D eigenvalue weighted by molar-refractivity contribution is 5.93. The van der Waals surface area contributed by atoms with E-state index in [0.717, 1.165) is 5.69 Å². The Morgan fingerprint density at radius 1 is 1.44 bits per heavy atom. The predicted octanol–water partition coefficient (Wildman–Crippen LogP) is 0.621. The number of nitrogens with zero attached hydrogens (tertiary/aromatic N) is 1. The largest absolute Gasteiger partial charge is 0.480 e. The van der Waals surface area contributed by atoms with E-state index in [0.29, 0.717) is 11.4 Å². The van der Waals surface area contributed by atoms with Crippen LogP contribution in [0.25, 0.3) is 0 Å². The smallest absolute Gasteiger partial charge is 0.325 e. The number of urea groups is 1. The number of carboxylic acid groups (broad SMARTS) is 1. The number of carbonyl (C=O) groups excluding carboxylic acids is 1. The molecule has 88 valence electrons. The Balaban J connectivity index is 2.62. The van der Waals surface area contributed by atoms with Gasteiger partial charge < -0.3 is 15.7 Å². The summed E-state index contributed by atoms with van der Waals surface area (Å²) in [6, 6.07) is -1.50. The van der Waals surface area contributed by atoms with Crippen molar-refractivity contribution >= 4 is 17.7 Å². The van der Waals surface area contributed by atoms with E-state index in [-0.39, 0.29) is 0 Å². The van der Waals surface area contributed by atoms with Crippen LogP contribution in [-0.4, -0.2) is 33.3 Å². The summed E-state index contributed by atoms with van der Waals surface area (Å²) < 4.78 is 0. The van der Waals surface area contributed by atoms with Crippen LogP contribution in [0.1, 0.15) is 18.3 Å². The molecule has 0 saturated heterocycles. The number of rotatable bonds is 3. The van der Waals surface area contributed by atoms with Crippen molar-refractivity contribution in [1.29, 1.82) is 0 Å². The lowest BCUT2D eigenvalue weighted by Gasteiger charge is -2.10. The van der Waals surface area contributed by atoms with Gasteiger partial charge in [-0.3, -0.25) is 9.89 Å². The van der Waals surface area contributed by atoms with Crippen molar-refractivity contribution in [1.82, 2.24) is 15.5 Å². The molecule has 1 heterocycles. The minimum Gasteiger partial charge on any atom is -0.480 e. The molecule has 0 bridgehead atoms.